The van der Waals surface area contributed by atoms with Gasteiger partial charge in [0.25, 0.3) is 0 Å². The molecule has 0 spiro atoms. The molecule has 0 bridgehead atoms. The zero-order valence-corrected chi connectivity index (χ0v) is 14.9. The van der Waals surface area contributed by atoms with Gasteiger partial charge in [-0.2, -0.15) is 0 Å². The number of anilines is 1. The minimum absolute atomic E-state index is 0.0000261. The van der Waals surface area contributed by atoms with Gasteiger partial charge in [-0.15, -0.1) is 0 Å². The fourth-order valence-electron chi connectivity index (χ4n) is 2.96. The van der Waals surface area contributed by atoms with Crippen LogP contribution in [0.5, 0.6) is 0 Å². The van der Waals surface area contributed by atoms with Crippen LogP contribution in [0, 0.1) is 12.8 Å². The highest BCUT2D eigenvalue weighted by Gasteiger charge is 2.30. The predicted octanol–water partition coefficient (Wildman–Crippen LogP) is 2.83. The molecule has 1 heterocycles. The summed E-state index contributed by atoms with van der Waals surface area (Å²) in [5, 5.41) is 0.600. The maximum atomic E-state index is 12.9. The minimum Gasteiger partial charge on any atom is -0.343 e. The Labute approximate surface area is 147 Å². The number of rotatable bonds is 5. The van der Waals surface area contributed by atoms with Crippen molar-refractivity contribution < 1.29 is 14.4 Å². The zero-order chi connectivity index (χ0) is 17.7. The van der Waals surface area contributed by atoms with Gasteiger partial charge in [0, 0.05) is 49.6 Å². The predicted molar refractivity (Wildman–Crippen MR) is 94.2 cm³/mol. The molecule has 1 aromatic carbocycles. The summed E-state index contributed by atoms with van der Waals surface area (Å²) >= 11 is 6.18. The Balaban J connectivity index is 2.15. The number of hydrogen-bond acceptors (Lipinski definition) is 3. The molecular formula is C18H23ClN2O3. The number of aryl methyl sites for hydroxylation is 1. The van der Waals surface area contributed by atoms with Gasteiger partial charge in [0.1, 0.15) is 6.29 Å². The number of halogens is 1. The Morgan fingerprint density at radius 2 is 2.00 bits per heavy atom. The van der Waals surface area contributed by atoms with E-state index in [-0.39, 0.29) is 24.2 Å². The normalized spacial score (nSPS) is 15.2. The highest BCUT2D eigenvalue weighted by atomic mass is 35.5. The van der Waals surface area contributed by atoms with E-state index >= 15 is 0 Å². The summed E-state index contributed by atoms with van der Waals surface area (Å²) < 4.78 is 0. The van der Waals surface area contributed by atoms with Crippen molar-refractivity contribution >= 4 is 35.4 Å². The summed E-state index contributed by atoms with van der Waals surface area (Å²) in [6, 6.07) is 5.50. The van der Waals surface area contributed by atoms with Crippen LogP contribution in [-0.4, -0.2) is 42.6 Å². The van der Waals surface area contributed by atoms with Crippen molar-refractivity contribution in [3.8, 4) is 0 Å². The Morgan fingerprint density at radius 1 is 1.33 bits per heavy atom. The Bertz CT molecular complexity index is 625. The number of benzene rings is 1. The number of aldehydes is 1. The van der Waals surface area contributed by atoms with Crippen LogP contribution in [0.25, 0.3) is 0 Å². The Kier molecular flexibility index (Phi) is 6.37. The number of carbonyl (C=O) groups is 3. The minimum atomic E-state index is -0.132. The smallest absolute Gasteiger partial charge is 0.230 e. The van der Waals surface area contributed by atoms with Crippen molar-refractivity contribution in [1.29, 1.82) is 0 Å². The molecule has 24 heavy (non-hydrogen) atoms. The fraction of sp³-hybridized carbons (Fsp3) is 0.500. The molecule has 6 heteroatoms. The number of carbonyl (C=O) groups excluding carboxylic acids is 3. The molecular weight excluding hydrogens is 328 g/mol. The highest BCUT2D eigenvalue weighted by molar-refractivity contribution is 6.31. The number of nitrogens with zero attached hydrogens (tertiary/aromatic N) is 2. The number of piperidine rings is 1. The van der Waals surface area contributed by atoms with Crippen molar-refractivity contribution in [3.63, 3.8) is 0 Å². The zero-order valence-electron chi connectivity index (χ0n) is 14.1. The molecule has 1 fully saturated rings. The maximum Gasteiger partial charge on any atom is 0.230 e. The third-order valence-corrected chi connectivity index (χ3v) is 4.90. The third-order valence-electron chi connectivity index (χ3n) is 4.49. The topological polar surface area (TPSA) is 57.7 Å². The Hall–Kier alpha value is -1.88. The lowest BCUT2D eigenvalue weighted by molar-refractivity contribution is -0.133. The van der Waals surface area contributed by atoms with Crippen molar-refractivity contribution in [2.45, 2.75) is 33.1 Å². The summed E-state index contributed by atoms with van der Waals surface area (Å²) in [5.74, 6) is -0.0867. The van der Waals surface area contributed by atoms with Gasteiger partial charge in [-0.25, -0.2) is 0 Å². The van der Waals surface area contributed by atoms with Crippen LogP contribution in [0.3, 0.4) is 0 Å². The number of amides is 2. The van der Waals surface area contributed by atoms with Gasteiger partial charge in [-0.05, 0) is 37.5 Å². The van der Waals surface area contributed by atoms with Gasteiger partial charge < -0.3 is 14.6 Å². The summed E-state index contributed by atoms with van der Waals surface area (Å²) in [4.78, 5) is 38.5. The molecule has 1 saturated heterocycles. The van der Waals surface area contributed by atoms with Crippen LogP contribution in [0.1, 0.15) is 31.7 Å². The molecule has 0 radical (unpaired) electrons. The molecule has 2 rings (SSSR count). The molecule has 2 amide bonds. The second kappa shape index (κ2) is 8.29. The first-order chi connectivity index (χ1) is 11.4. The van der Waals surface area contributed by atoms with Crippen LogP contribution >= 0.6 is 11.6 Å². The van der Waals surface area contributed by atoms with E-state index < -0.39 is 0 Å². The molecule has 5 nitrogen and oxygen atoms in total. The molecule has 0 aliphatic carbocycles. The molecule has 1 aromatic rings. The third kappa shape index (κ3) is 4.35. The van der Waals surface area contributed by atoms with Gasteiger partial charge in [-0.1, -0.05) is 17.7 Å². The molecule has 0 aromatic heterocycles. The quantitative estimate of drug-likeness (QED) is 0.767. The lowest BCUT2D eigenvalue weighted by atomic mass is 9.94. The first-order valence-electron chi connectivity index (χ1n) is 8.20. The van der Waals surface area contributed by atoms with Gasteiger partial charge in [0.2, 0.25) is 11.8 Å². The van der Waals surface area contributed by atoms with Crippen LogP contribution < -0.4 is 4.90 Å². The number of likely N-dealkylation sites (tertiary alicyclic amines) is 1. The van der Waals surface area contributed by atoms with E-state index in [0.717, 1.165) is 11.8 Å². The van der Waals surface area contributed by atoms with E-state index in [1.807, 2.05) is 19.1 Å². The van der Waals surface area contributed by atoms with Crippen LogP contribution in [0.15, 0.2) is 18.2 Å². The van der Waals surface area contributed by atoms with Crippen molar-refractivity contribution in [3.05, 3.63) is 28.8 Å². The molecule has 0 unspecified atom stereocenters. The summed E-state index contributed by atoms with van der Waals surface area (Å²) in [6.07, 6.45) is 2.39. The number of hydrogen-bond donors (Lipinski definition) is 0. The average Bonchev–Trinajstić information content (AvgIpc) is 2.58. The second-order valence-electron chi connectivity index (χ2n) is 6.16. The SMILES string of the molecule is CC(=O)N1CCC(C(=O)N(CCC=O)c2ccc(C)c(Cl)c2)CC1. The van der Waals surface area contributed by atoms with Crippen molar-refractivity contribution in [2.75, 3.05) is 24.5 Å². The van der Waals surface area contributed by atoms with Crippen molar-refractivity contribution in [2.24, 2.45) is 5.92 Å². The standard InChI is InChI=1S/C18H23ClN2O3/c1-13-4-5-16(12-17(13)19)21(8-3-11-22)18(24)15-6-9-20(10-7-15)14(2)23/h4-5,11-12,15H,3,6-10H2,1-2H3. The van der Waals surface area contributed by atoms with E-state index in [1.165, 1.54) is 0 Å². The fourth-order valence-corrected chi connectivity index (χ4v) is 3.13. The van der Waals surface area contributed by atoms with E-state index in [4.69, 9.17) is 11.6 Å². The van der Waals surface area contributed by atoms with Crippen LogP contribution in [0.2, 0.25) is 5.02 Å². The van der Waals surface area contributed by atoms with Crippen molar-refractivity contribution in [1.82, 2.24) is 4.90 Å². The molecule has 0 atom stereocenters. The highest BCUT2D eigenvalue weighted by Crippen LogP contribution is 2.27. The summed E-state index contributed by atoms with van der Waals surface area (Å²) in [5.41, 5.74) is 1.66. The van der Waals surface area contributed by atoms with Gasteiger partial charge in [0.05, 0.1) is 0 Å². The summed E-state index contributed by atoms with van der Waals surface area (Å²) in [7, 11) is 0. The van der Waals surface area contributed by atoms with Gasteiger partial charge in [0.15, 0.2) is 0 Å². The van der Waals surface area contributed by atoms with E-state index in [9.17, 15) is 14.4 Å². The lowest BCUT2D eigenvalue weighted by Gasteiger charge is -2.34. The van der Waals surface area contributed by atoms with E-state index in [0.29, 0.717) is 43.2 Å². The molecule has 1 aliphatic heterocycles. The molecule has 1 aliphatic rings. The maximum absolute atomic E-state index is 12.9. The molecule has 0 N–H and O–H groups in total. The van der Waals surface area contributed by atoms with E-state index in [2.05, 4.69) is 0 Å². The lowest BCUT2D eigenvalue weighted by Crippen LogP contribution is -2.44. The summed E-state index contributed by atoms with van der Waals surface area (Å²) in [6.45, 7) is 4.99. The molecule has 0 saturated carbocycles. The Morgan fingerprint density at radius 3 is 2.54 bits per heavy atom. The first kappa shape index (κ1) is 18.5. The van der Waals surface area contributed by atoms with Crippen LogP contribution in [-0.2, 0) is 14.4 Å². The largest absolute Gasteiger partial charge is 0.343 e. The van der Waals surface area contributed by atoms with Gasteiger partial charge >= 0.3 is 0 Å². The van der Waals surface area contributed by atoms with E-state index in [1.54, 1.807) is 22.8 Å². The average molecular weight is 351 g/mol. The molecule has 130 valence electrons. The van der Waals surface area contributed by atoms with Crippen LogP contribution in [0.4, 0.5) is 5.69 Å². The first-order valence-corrected chi connectivity index (χ1v) is 8.58. The monoisotopic (exact) mass is 350 g/mol. The second-order valence-corrected chi connectivity index (χ2v) is 6.57. The van der Waals surface area contributed by atoms with Gasteiger partial charge in [-0.3, -0.25) is 9.59 Å².